The Balaban J connectivity index is 2.70. The Morgan fingerprint density at radius 2 is 2.18 bits per heavy atom. The summed E-state index contributed by atoms with van der Waals surface area (Å²) < 4.78 is 10.2. The van der Waals surface area contributed by atoms with E-state index in [1.807, 2.05) is 7.05 Å². The molecule has 17 heavy (non-hydrogen) atoms. The van der Waals surface area contributed by atoms with Crippen molar-refractivity contribution < 1.29 is 13.9 Å². The Kier molecular flexibility index (Phi) is 4.75. The van der Waals surface area contributed by atoms with Crippen molar-refractivity contribution in [2.24, 2.45) is 5.92 Å². The van der Waals surface area contributed by atoms with E-state index in [1.54, 1.807) is 13.0 Å². The number of carbonyl (C=O) groups is 1. The normalized spacial score (nSPS) is 11.2. The van der Waals surface area contributed by atoms with Gasteiger partial charge in [0.2, 0.25) is 0 Å². The molecule has 0 saturated carbocycles. The van der Waals surface area contributed by atoms with Crippen molar-refractivity contribution in [1.82, 2.24) is 4.90 Å². The Labute approximate surface area is 103 Å². The summed E-state index contributed by atoms with van der Waals surface area (Å²) in [6, 6.07) is 1.76. The van der Waals surface area contributed by atoms with Gasteiger partial charge < -0.3 is 9.15 Å². The van der Waals surface area contributed by atoms with E-state index in [9.17, 15) is 4.79 Å². The fourth-order valence-corrected chi connectivity index (χ4v) is 1.89. The minimum atomic E-state index is -0.344. The lowest BCUT2D eigenvalue weighted by atomic mass is 10.2. The first-order valence-electron chi connectivity index (χ1n) is 5.80. The van der Waals surface area contributed by atoms with Crippen LogP contribution in [0.25, 0.3) is 0 Å². The highest BCUT2D eigenvalue weighted by Gasteiger charge is 2.16. The minimum Gasteiger partial charge on any atom is -0.465 e. The van der Waals surface area contributed by atoms with Gasteiger partial charge >= 0.3 is 5.97 Å². The van der Waals surface area contributed by atoms with Gasteiger partial charge in [0.1, 0.15) is 17.1 Å². The molecule has 0 amide bonds. The Hall–Kier alpha value is -1.29. The van der Waals surface area contributed by atoms with Crippen LogP contribution in [-0.4, -0.2) is 31.6 Å². The smallest absolute Gasteiger partial charge is 0.341 e. The maximum absolute atomic E-state index is 11.4. The zero-order valence-electron chi connectivity index (χ0n) is 11.2. The molecular weight excluding hydrogens is 218 g/mol. The largest absolute Gasteiger partial charge is 0.465 e. The zero-order valence-corrected chi connectivity index (χ0v) is 11.2. The number of furan rings is 1. The quantitative estimate of drug-likeness (QED) is 0.740. The molecule has 1 aromatic heterocycles. The molecule has 0 unspecified atom stereocenters. The first kappa shape index (κ1) is 13.8. The fourth-order valence-electron chi connectivity index (χ4n) is 1.89. The standard InChI is InChI=1S/C13H21NO3/c1-9(2)7-14(4)8-11-6-12(10(3)17-11)13(15)16-5/h6,9H,7-8H2,1-5H3. The van der Waals surface area contributed by atoms with Crippen LogP contribution in [0.1, 0.15) is 35.7 Å². The number of rotatable bonds is 5. The summed E-state index contributed by atoms with van der Waals surface area (Å²) in [4.78, 5) is 13.6. The van der Waals surface area contributed by atoms with Crippen molar-refractivity contribution in [3.8, 4) is 0 Å². The van der Waals surface area contributed by atoms with E-state index >= 15 is 0 Å². The number of carbonyl (C=O) groups excluding carboxylic acids is 1. The van der Waals surface area contributed by atoms with Crippen molar-refractivity contribution >= 4 is 5.97 Å². The lowest BCUT2D eigenvalue weighted by Crippen LogP contribution is -2.22. The second kappa shape index (κ2) is 5.87. The van der Waals surface area contributed by atoms with Crippen molar-refractivity contribution in [3.05, 3.63) is 23.2 Å². The number of hydrogen-bond donors (Lipinski definition) is 0. The first-order chi connectivity index (χ1) is 7.93. The molecule has 0 radical (unpaired) electrons. The third-order valence-corrected chi connectivity index (χ3v) is 2.48. The van der Waals surface area contributed by atoms with Crippen LogP contribution in [0.3, 0.4) is 0 Å². The first-order valence-corrected chi connectivity index (χ1v) is 5.80. The van der Waals surface area contributed by atoms with Gasteiger partial charge in [-0.3, -0.25) is 4.90 Å². The van der Waals surface area contributed by atoms with E-state index in [0.29, 0.717) is 23.8 Å². The van der Waals surface area contributed by atoms with E-state index in [4.69, 9.17) is 4.42 Å². The zero-order chi connectivity index (χ0) is 13.0. The Morgan fingerprint density at radius 1 is 1.53 bits per heavy atom. The van der Waals surface area contributed by atoms with Gasteiger partial charge in [-0.25, -0.2) is 4.79 Å². The predicted octanol–water partition coefficient (Wildman–Crippen LogP) is 2.46. The van der Waals surface area contributed by atoms with Gasteiger partial charge in [-0.15, -0.1) is 0 Å². The van der Waals surface area contributed by atoms with Crippen LogP contribution < -0.4 is 0 Å². The van der Waals surface area contributed by atoms with Crippen LogP contribution in [0.4, 0.5) is 0 Å². The molecule has 4 nitrogen and oxygen atoms in total. The molecule has 0 aliphatic carbocycles. The minimum absolute atomic E-state index is 0.344. The van der Waals surface area contributed by atoms with Crippen molar-refractivity contribution in [3.63, 3.8) is 0 Å². The summed E-state index contributed by atoms with van der Waals surface area (Å²) >= 11 is 0. The molecule has 0 aliphatic rings. The summed E-state index contributed by atoms with van der Waals surface area (Å²) in [5, 5.41) is 0. The number of methoxy groups -OCH3 is 1. The molecule has 96 valence electrons. The summed E-state index contributed by atoms with van der Waals surface area (Å²) in [6.07, 6.45) is 0. The van der Waals surface area contributed by atoms with Crippen LogP contribution in [0.2, 0.25) is 0 Å². The van der Waals surface area contributed by atoms with Gasteiger partial charge in [-0.05, 0) is 26.0 Å². The van der Waals surface area contributed by atoms with E-state index in [-0.39, 0.29) is 5.97 Å². The maximum Gasteiger partial charge on any atom is 0.341 e. The molecule has 1 aromatic rings. The Bertz CT molecular complexity index is 382. The number of esters is 1. The summed E-state index contributed by atoms with van der Waals surface area (Å²) in [5.74, 6) is 1.68. The number of aryl methyl sites for hydroxylation is 1. The molecule has 0 saturated heterocycles. The van der Waals surface area contributed by atoms with Crippen LogP contribution >= 0.6 is 0 Å². The molecule has 0 fully saturated rings. The van der Waals surface area contributed by atoms with Gasteiger partial charge in [0.25, 0.3) is 0 Å². The highest BCUT2D eigenvalue weighted by Crippen LogP contribution is 2.17. The van der Waals surface area contributed by atoms with Gasteiger partial charge in [0, 0.05) is 6.54 Å². The van der Waals surface area contributed by atoms with Gasteiger partial charge in [0.15, 0.2) is 0 Å². The van der Waals surface area contributed by atoms with Crippen molar-refractivity contribution in [2.45, 2.75) is 27.3 Å². The molecule has 0 aromatic carbocycles. The monoisotopic (exact) mass is 239 g/mol. The SMILES string of the molecule is COC(=O)c1cc(CN(C)CC(C)C)oc1C. The van der Waals surface area contributed by atoms with Gasteiger partial charge in [0.05, 0.1) is 13.7 Å². The summed E-state index contributed by atoms with van der Waals surface area (Å²) in [6.45, 7) is 7.81. The maximum atomic E-state index is 11.4. The van der Waals surface area contributed by atoms with Crippen LogP contribution in [-0.2, 0) is 11.3 Å². The average molecular weight is 239 g/mol. The molecule has 4 heteroatoms. The number of nitrogens with zero attached hydrogens (tertiary/aromatic N) is 1. The molecule has 0 bridgehead atoms. The average Bonchev–Trinajstić information content (AvgIpc) is 2.56. The topological polar surface area (TPSA) is 42.7 Å². The van der Waals surface area contributed by atoms with Gasteiger partial charge in [-0.1, -0.05) is 13.8 Å². The molecule has 1 heterocycles. The Morgan fingerprint density at radius 3 is 2.71 bits per heavy atom. The molecule has 0 spiro atoms. The molecule has 0 atom stereocenters. The highest BCUT2D eigenvalue weighted by atomic mass is 16.5. The predicted molar refractivity (Wildman–Crippen MR) is 66.0 cm³/mol. The van der Waals surface area contributed by atoms with Crippen LogP contribution in [0, 0.1) is 12.8 Å². The second-order valence-corrected chi connectivity index (χ2v) is 4.76. The van der Waals surface area contributed by atoms with Gasteiger partial charge in [-0.2, -0.15) is 0 Å². The molecule has 0 N–H and O–H groups in total. The number of ether oxygens (including phenoxy) is 1. The summed E-state index contributed by atoms with van der Waals surface area (Å²) in [5.41, 5.74) is 0.514. The van der Waals surface area contributed by atoms with E-state index in [1.165, 1.54) is 7.11 Å². The third-order valence-electron chi connectivity index (χ3n) is 2.48. The molecule has 0 aliphatic heterocycles. The van der Waals surface area contributed by atoms with Crippen LogP contribution in [0.5, 0.6) is 0 Å². The van der Waals surface area contributed by atoms with Crippen molar-refractivity contribution in [2.75, 3.05) is 20.7 Å². The fraction of sp³-hybridized carbons (Fsp3) is 0.615. The van der Waals surface area contributed by atoms with E-state index in [0.717, 1.165) is 12.3 Å². The van der Waals surface area contributed by atoms with Crippen LogP contribution in [0.15, 0.2) is 10.5 Å². The van der Waals surface area contributed by atoms with E-state index < -0.39 is 0 Å². The van der Waals surface area contributed by atoms with E-state index in [2.05, 4.69) is 23.5 Å². The lowest BCUT2D eigenvalue weighted by molar-refractivity contribution is 0.0599. The molecular formula is C13H21NO3. The lowest BCUT2D eigenvalue weighted by Gasteiger charge is -2.17. The number of hydrogen-bond acceptors (Lipinski definition) is 4. The summed E-state index contributed by atoms with van der Waals surface area (Å²) in [7, 11) is 3.41. The molecule has 1 rings (SSSR count). The van der Waals surface area contributed by atoms with Crippen molar-refractivity contribution in [1.29, 1.82) is 0 Å². The third kappa shape index (κ3) is 3.89. The highest BCUT2D eigenvalue weighted by molar-refractivity contribution is 5.90. The second-order valence-electron chi connectivity index (χ2n) is 4.76.